The normalized spacial score (nSPS) is 10.7. The fourth-order valence-corrected chi connectivity index (χ4v) is 3.96. The van der Waals surface area contributed by atoms with Gasteiger partial charge in [-0.15, -0.1) is 0 Å². The van der Waals surface area contributed by atoms with Crippen LogP contribution in [-0.2, 0) is 11.2 Å². The number of nitrogens with zero attached hydrogens (tertiary/aromatic N) is 3. The van der Waals surface area contributed by atoms with Crippen LogP contribution in [0.5, 0.6) is 0 Å². The molecule has 0 aliphatic carbocycles. The molecule has 160 valence electrons. The number of carbonyl (C=O) groups excluding carboxylic acids is 2. The van der Waals surface area contributed by atoms with Gasteiger partial charge in [0.1, 0.15) is 10.8 Å². The highest BCUT2D eigenvalue weighted by molar-refractivity contribution is 8.01. The van der Waals surface area contributed by atoms with Crippen LogP contribution in [0.15, 0.2) is 83.9 Å². The summed E-state index contributed by atoms with van der Waals surface area (Å²) in [6, 6.07) is 22.1. The Morgan fingerprint density at radius 1 is 0.906 bits per heavy atom. The number of benzene rings is 3. The van der Waals surface area contributed by atoms with Crippen molar-refractivity contribution < 1.29 is 14.0 Å². The Balaban J connectivity index is 1.77. The highest BCUT2D eigenvalue weighted by Gasteiger charge is 2.22. The highest BCUT2D eigenvalue weighted by atomic mass is 32.2. The van der Waals surface area contributed by atoms with Crippen LogP contribution in [0, 0.1) is 5.82 Å². The SMILES string of the molecule is CC(=O)NC(=O)N(Sc1nc2ccccc2nc1Cc1ccccc1)c1ccc(F)cc1. The van der Waals surface area contributed by atoms with Crippen molar-refractivity contribution in [3.63, 3.8) is 0 Å². The van der Waals surface area contributed by atoms with Gasteiger partial charge in [0.2, 0.25) is 5.91 Å². The summed E-state index contributed by atoms with van der Waals surface area (Å²) < 4.78 is 14.7. The van der Waals surface area contributed by atoms with E-state index in [1.807, 2.05) is 54.6 Å². The average molecular weight is 447 g/mol. The maximum atomic E-state index is 13.5. The standard InChI is InChI=1S/C24H19FN4O2S/c1-16(30)26-24(31)29(19-13-11-18(25)12-14-19)32-23-22(15-17-7-3-2-4-8-17)27-20-9-5-6-10-21(20)28-23/h2-14H,15H2,1H3,(H,26,30,31). The van der Waals surface area contributed by atoms with E-state index in [1.54, 1.807) is 0 Å². The second kappa shape index (κ2) is 9.57. The highest BCUT2D eigenvalue weighted by Crippen LogP contribution is 2.32. The Morgan fingerprint density at radius 2 is 1.53 bits per heavy atom. The van der Waals surface area contributed by atoms with Gasteiger partial charge in [-0.3, -0.25) is 10.1 Å². The average Bonchev–Trinajstić information content (AvgIpc) is 2.78. The molecule has 3 amide bonds. The predicted octanol–water partition coefficient (Wildman–Crippen LogP) is 5.13. The van der Waals surface area contributed by atoms with E-state index in [2.05, 4.69) is 5.32 Å². The molecule has 0 spiro atoms. The van der Waals surface area contributed by atoms with E-state index in [0.29, 0.717) is 28.3 Å². The van der Waals surface area contributed by atoms with Crippen LogP contribution in [0.25, 0.3) is 11.0 Å². The van der Waals surface area contributed by atoms with Crippen LogP contribution in [-0.4, -0.2) is 21.9 Å². The van der Waals surface area contributed by atoms with E-state index in [0.717, 1.165) is 23.0 Å². The van der Waals surface area contributed by atoms with Gasteiger partial charge >= 0.3 is 6.03 Å². The van der Waals surface area contributed by atoms with Crippen molar-refractivity contribution in [1.82, 2.24) is 15.3 Å². The monoisotopic (exact) mass is 446 g/mol. The second-order valence-corrected chi connectivity index (χ2v) is 7.91. The van der Waals surface area contributed by atoms with Gasteiger partial charge in [-0.1, -0.05) is 42.5 Å². The molecule has 0 fully saturated rings. The predicted molar refractivity (Wildman–Crippen MR) is 123 cm³/mol. The Hall–Kier alpha value is -3.78. The third kappa shape index (κ3) is 5.09. The van der Waals surface area contributed by atoms with Gasteiger partial charge in [0.05, 0.1) is 22.4 Å². The number of para-hydroxylation sites is 2. The van der Waals surface area contributed by atoms with Gasteiger partial charge in [0, 0.05) is 25.3 Å². The minimum atomic E-state index is -0.658. The van der Waals surface area contributed by atoms with Crippen LogP contribution in [0.4, 0.5) is 14.9 Å². The second-order valence-electron chi connectivity index (χ2n) is 6.97. The summed E-state index contributed by atoms with van der Waals surface area (Å²) in [6.07, 6.45) is 0.507. The van der Waals surface area contributed by atoms with Gasteiger partial charge in [0.25, 0.3) is 0 Å². The van der Waals surface area contributed by atoms with Gasteiger partial charge < -0.3 is 0 Å². The molecular formula is C24H19FN4O2S. The summed E-state index contributed by atoms with van der Waals surface area (Å²) >= 11 is 1.03. The third-order valence-electron chi connectivity index (χ3n) is 4.53. The molecule has 1 N–H and O–H groups in total. The lowest BCUT2D eigenvalue weighted by Gasteiger charge is -2.22. The van der Waals surface area contributed by atoms with E-state index < -0.39 is 17.8 Å². The molecule has 0 aliphatic rings. The van der Waals surface area contributed by atoms with E-state index in [4.69, 9.17) is 9.97 Å². The molecule has 32 heavy (non-hydrogen) atoms. The zero-order chi connectivity index (χ0) is 22.5. The molecule has 4 rings (SSSR count). The van der Waals surface area contributed by atoms with Crippen LogP contribution >= 0.6 is 11.9 Å². The first kappa shape index (κ1) is 21.5. The van der Waals surface area contributed by atoms with Crippen LogP contribution in [0.3, 0.4) is 0 Å². The van der Waals surface area contributed by atoms with Crippen molar-refractivity contribution in [2.45, 2.75) is 18.4 Å². The summed E-state index contributed by atoms with van der Waals surface area (Å²) in [6.45, 7) is 1.25. The Morgan fingerprint density at radius 3 is 2.19 bits per heavy atom. The third-order valence-corrected chi connectivity index (χ3v) is 5.59. The number of hydrogen-bond donors (Lipinski definition) is 1. The fraction of sp³-hybridized carbons (Fsp3) is 0.0833. The molecule has 1 heterocycles. The summed E-state index contributed by atoms with van der Waals surface area (Å²) in [4.78, 5) is 33.8. The maximum absolute atomic E-state index is 13.5. The van der Waals surface area contributed by atoms with E-state index in [9.17, 15) is 14.0 Å². The molecule has 1 aromatic heterocycles. The first-order chi connectivity index (χ1) is 15.5. The summed E-state index contributed by atoms with van der Waals surface area (Å²) in [5.74, 6) is -0.933. The largest absolute Gasteiger partial charge is 0.339 e. The minimum Gasteiger partial charge on any atom is -0.277 e. The number of rotatable bonds is 5. The Kier molecular flexibility index (Phi) is 6.42. The lowest BCUT2D eigenvalue weighted by molar-refractivity contribution is -0.117. The molecule has 0 unspecified atom stereocenters. The smallest absolute Gasteiger partial charge is 0.277 e. The first-order valence-electron chi connectivity index (χ1n) is 9.84. The van der Waals surface area contributed by atoms with Gasteiger partial charge in [-0.25, -0.2) is 23.5 Å². The molecule has 0 saturated heterocycles. The number of halogens is 1. The zero-order valence-corrected chi connectivity index (χ0v) is 18.0. The number of aromatic nitrogens is 2. The van der Waals surface area contributed by atoms with Crippen LogP contribution in [0.2, 0.25) is 0 Å². The van der Waals surface area contributed by atoms with Gasteiger partial charge in [0.15, 0.2) is 0 Å². The number of fused-ring (bicyclic) bond motifs is 1. The lowest BCUT2D eigenvalue weighted by Crippen LogP contribution is -2.38. The van der Waals surface area contributed by atoms with Gasteiger partial charge in [-0.05, 0) is 42.0 Å². The molecular weight excluding hydrogens is 427 g/mol. The van der Waals surface area contributed by atoms with Crippen molar-refractivity contribution >= 4 is 40.6 Å². The molecule has 0 atom stereocenters. The molecule has 0 saturated carbocycles. The van der Waals surface area contributed by atoms with E-state index in [-0.39, 0.29) is 0 Å². The van der Waals surface area contributed by atoms with Crippen molar-refractivity contribution in [3.8, 4) is 0 Å². The minimum absolute atomic E-state index is 0.399. The first-order valence-corrected chi connectivity index (χ1v) is 10.6. The molecule has 6 nitrogen and oxygen atoms in total. The molecule has 0 aliphatic heterocycles. The number of urea groups is 1. The topological polar surface area (TPSA) is 75.2 Å². The lowest BCUT2D eigenvalue weighted by atomic mass is 10.1. The molecule has 0 radical (unpaired) electrons. The zero-order valence-electron chi connectivity index (χ0n) is 17.2. The van der Waals surface area contributed by atoms with Gasteiger partial charge in [-0.2, -0.15) is 0 Å². The van der Waals surface area contributed by atoms with Crippen molar-refractivity contribution in [2.24, 2.45) is 0 Å². The summed E-state index contributed by atoms with van der Waals surface area (Å²) in [7, 11) is 0. The number of amides is 3. The molecule has 3 aromatic carbocycles. The molecule has 8 heteroatoms. The Bertz CT molecular complexity index is 1270. The Labute approximate surface area is 188 Å². The molecule has 4 aromatic rings. The number of carbonyl (C=O) groups is 2. The van der Waals surface area contributed by atoms with Crippen molar-refractivity contribution in [2.75, 3.05) is 4.31 Å². The quantitative estimate of drug-likeness (QED) is 0.430. The summed E-state index contributed by atoms with van der Waals surface area (Å²) in [5.41, 5.74) is 3.54. The molecule has 0 bridgehead atoms. The number of anilines is 1. The maximum Gasteiger partial charge on any atom is 0.339 e. The van der Waals surface area contributed by atoms with Crippen molar-refractivity contribution in [3.05, 3.63) is 95.9 Å². The number of nitrogens with one attached hydrogen (secondary N) is 1. The van der Waals surface area contributed by atoms with Crippen LogP contribution in [0.1, 0.15) is 18.2 Å². The van der Waals surface area contributed by atoms with Crippen molar-refractivity contribution in [1.29, 1.82) is 0 Å². The van der Waals surface area contributed by atoms with Crippen LogP contribution < -0.4 is 9.62 Å². The number of imide groups is 1. The van der Waals surface area contributed by atoms with E-state index in [1.165, 1.54) is 35.5 Å². The fourth-order valence-electron chi connectivity index (χ4n) is 3.07. The van der Waals surface area contributed by atoms with E-state index >= 15 is 0 Å². The number of hydrogen-bond acceptors (Lipinski definition) is 5. The summed E-state index contributed by atoms with van der Waals surface area (Å²) in [5, 5.41) is 2.78.